The van der Waals surface area contributed by atoms with Crippen molar-refractivity contribution in [2.45, 2.75) is 109 Å². The van der Waals surface area contributed by atoms with Crippen molar-refractivity contribution >= 4 is 33.1 Å². The van der Waals surface area contributed by atoms with Crippen LogP contribution in [0, 0.1) is 27.7 Å². The first kappa shape index (κ1) is 41.0. The van der Waals surface area contributed by atoms with Gasteiger partial charge in [-0.2, -0.15) is 0 Å². The molecule has 11 nitrogen and oxygen atoms in total. The molecule has 296 valence electrons. The Kier molecular flexibility index (Phi) is 13.6. The van der Waals surface area contributed by atoms with Gasteiger partial charge in [0.25, 0.3) is 0 Å². The van der Waals surface area contributed by atoms with Crippen molar-refractivity contribution in [3.05, 3.63) is 105 Å². The van der Waals surface area contributed by atoms with Gasteiger partial charge in [0.05, 0.1) is 29.1 Å². The Morgan fingerprint density at radius 1 is 0.857 bits per heavy atom. The Labute approximate surface area is 335 Å². The van der Waals surface area contributed by atoms with Crippen LogP contribution in [-0.4, -0.2) is 53.5 Å². The zero-order valence-corrected chi connectivity index (χ0v) is 34.5. The summed E-state index contributed by atoms with van der Waals surface area (Å²) in [5, 5.41) is 13.5. The zero-order chi connectivity index (χ0) is 39.8. The van der Waals surface area contributed by atoms with Crippen LogP contribution in [0.25, 0.3) is 16.8 Å². The summed E-state index contributed by atoms with van der Waals surface area (Å²) in [6.07, 6.45) is 9.79. The van der Waals surface area contributed by atoms with Crippen LogP contribution in [0.2, 0.25) is 5.02 Å². The number of fused-ring (bicyclic) bond motifs is 3. The smallest absolute Gasteiger partial charge is 0.240 e. The van der Waals surface area contributed by atoms with Gasteiger partial charge in [0.15, 0.2) is 5.82 Å². The van der Waals surface area contributed by atoms with E-state index in [2.05, 4.69) is 20.1 Å². The first-order valence-corrected chi connectivity index (χ1v) is 21.3. The summed E-state index contributed by atoms with van der Waals surface area (Å²) >= 11 is 6.23. The van der Waals surface area contributed by atoms with Crippen molar-refractivity contribution < 1.29 is 22.5 Å². The molecule has 0 saturated heterocycles. The molecule has 0 radical (unpaired) electrons. The lowest BCUT2D eigenvalue weighted by atomic mass is 9.99. The van der Waals surface area contributed by atoms with Crippen molar-refractivity contribution in [1.29, 1.82) is 0 Å². The highest BCUT2D eigenvalue weighted by molar-refractivity contribution is 7.89. The average Bonchev–Trinajstić information content (AvgIpc) is 3.69. The topological polar surface area (TPSA) is 142 Å². The molecule has 0 unspecified atom stereocenters. The molecular weight excluding hydrogens is 748 g/mol. The second-order valence-corrected chi connectivity index (χ2v) is 16.7. The van der Waals surface area contributed by atoms with Gasteiger partial charge >= 0.3 is 0 Å². The highest BCUT2D eigenvalue weighted by Gasteiger charge is 2.30. The van der Waals surface area contributed by atoms with Crippen LogP contribution in [0.4, 0.5) is 0 Å². The summed E-state index contributed by atoms with van der Waals surface area (Å²) in [5.74, 6) is 2.90. The lowest BCUT2D eigenvalue weighted by Crippen LogP contribution is -2.25. The summed E-state index contributed by atoms with van der Waals surface area (Å²) in [6.45, 7) is 7.80. The van der Waals surface area contributed by atoms with E-state index in [9.17, 15) is 13.2 Å². The molecule has 2 aromatic heterocycles. The van der Waals surface area contributed by atoms with Gasteiger partial charge in [-0.25, -0.2) is 13.1 Å². The van der Waals surface area contributed by atoms with E-state index in [1.807, 2.05) is 86.9 Å². The normalized spacial score (nSPS) is 13.9. The number of unbranched alkanes of at least 4 members (excludes halogenated alkanes) is 8. The zero-order valence-electron chi connectivity index (χ0n) is 32.9. The molecule has 56 heavy (non-hydrogen) atoms. The van der Waals surface area contributed by atoms with E-state index in [0.717, 1.165) is 103 Å². The standard InChI is InChI=1S/C43H51ClN6O5S/c1-28-16-17-33(41-29(2)49-55-30(41)3)25-40(28)56(52,53)45-24-14-12-10-8-6-7-9-11-13-15-35(51)26-38-43-48-47-31(4)50(43)39-23-22-36(54-5)27-37(39)42(46-38)32-18-20-34(44)21-19-32/h16-23,25,27,38,45H,6-15,24,26H2,1-5H3/t38-/m0/s1. The number of benzene rings is 3. The quantitative estimate of drug-likeness (QED) is 0.0815. The van der Waals surface area contributed by atoms with Crippen molar-refractivity contribution in [3.63, 3.8) is 0 Å². The Morgan fingerprint density at radius 2 is 1.54 bits per heavy atom. The first-order chi connectivity index (χ1) is 27.0. The van der Waals surface area contributed by atoms with Crippen LogP contribution in [0.1, 0.15) is 116 Å². The molecule has 3 heterocycles. The third-order valence-electron chi connectivity index (χ3n) is 10.4. The Bertz CT molecular complexity index is 2280. The number of aromatic nitrogens is 4. The molecule has 6 rings (SSSR count). The van der Waals surface area contributed by atoms with Crippen LogP contribution in [0.5, 0.6) is 5.75 Å². The van der Waals surface area contributed by atoms with E-state index >= 15 is 0 Å². The van der Waals surface area contributed by atoms with Crippen LogP contribution in [0.3, 0.4) is 0 Å². The molecule has 5 aromatic rings. The number of sulfonamides is 1. The number of aryl methyl sites for hydroxylation is 4. The number of aliphatic imine (C=N–C) groups is 1. The Morgan fingerprint density at radius 3 is 2.21 bits per heavy atom. The molecule has 3 aromatic carbocycles. The maximum absolute atomic E-state index is 13.4. The maximum Gasteiger partial charge on any atom is 0.240 e. The number of hydrogen-bond donors (Lipinski definition) is 1. The third-order valence-corrected chi connectivity index (χ3v) is 12.3. The third kappa shape index (κ3) is 9.65. The summed E-state index contributed by atoms with van der Waals surface area (Å²) < 4.78 is 42.0. The Hall–Kier alpha value is -4.65. The van der Waals surface area contributed by atoms with Gasteiger partial charge in [-0.15, -0.1) is 10.2 Å². The summed E-state index contributed by atoms with van der Waals surface area (Å²) in [6, 6.07) is 18.4. The molecule has 0 amide bonds. The van der Waals surface area contributed by atoms with E-state index in [1.165, 1.54) is 0 Å². The fraction of sp³-hybridized carbons (Fsp3) is 0.419. The molecule has 0 aliphatic carbocycles. The molecule has 0 bridgehead atoms. The fourth-order valence-electron chi connectivity index (χ4n) is 7.40. The second kappa shape index (κ2) is 18.5. The SMILES string of the molecule is COc1ccc2c(c1)C(c1ccc(Cl)cc1)=N[C@@H](CC(=O)CCCCCCCCCCCNS(=O)(=O)c1cc(-c3c(C)noc3C)ccc1C)c1nnc(C)n1-2. The number of carbonyl (C=O) groups is 1. The fourth-order valence-corrected chi connectivity index (χ4v) is 8.87. The molecular formula is C43H51ClN6O5S. The van der Waals surface area contributed by atoms with Crippen LogP contribution in [-0.2, 0) is 14.8 Å². The van der Waals surface area contributed by atoms with E-state index in [0.29, 0.717) is 40.9 Å². The average molecular weight is 799 g/mol. The van der Waals surface area contributed by atoms with Crippen molar-refractivity contribution in [2.24, 2.45) is 4.99 Å². The van der Waals surface area contributed by atoms with Crippen LogP contribution in [0.15, 0.2) is 75.1 Å². The number of Topliss-reactive ketones (excluding diaryl/α,β-unsaturated/α-hetero) is 1. The lowest BCUT2D eigenvalue weighted by Gasteiger charge is -2.14. The number of nitrogens with zero attached hydrogens (tertiary/aromatic N) is 5. The number of methoxy groups -OCH3 is 1. The first-order valence-electron chi connectivity index (χ1n) is 19.5. The summed E-state index contributed by atoms with van der Waals surface area (Å²) in [4.78, 5) is 18.9. The van der Waals surface area contributed by atoms with Gasteiger partial charge in [0.1, 0.15) is 29.2 Å². The van der Waals surface area contributed by atoms with E-state index in [1.54, 1.807) is 13.2 Å². The lowest BCUT2D eigenvalue weighted by molar-refractivity contribution is -0.119. The number of nitrogens with one attached hydrogen (secondary N) is 1. The number of ketones is 1. The number of ether oxygens (including phenoxy) is 1. The molecule has 13 heteroatoms. The number of hydrogen-bond acceptors (Lipinski definition) is 9. The monoisotopic (exact) mass is 798 g/mol. The number of halogens is 1. The minimum absolute atomic E-state index is 0.156. The van der Waals surface area contributed by atoms with E-state index in [-0.39, 0.29) is 17.1 Å². The molecule has 1 N–H and O–H groups in total. The Balaban J connectivity index is 0.921. The summed E-state index contributed by atoms with van der Waals surface area (Å²) in [5.41, 5.74) is 6.45. The molecule has 0 saturated carbocycles. The molecule has 1 aliphatic heterocycles. The molecule has 0 fully saturated rings. The molecule has 1 aliphatic rings. The van der Waals surface area contributed by atoms with Crippen LogP contribution >= 0.6 is 11.6 Å². The second-order valence-electron chi connectivity index (χ2n) is 14.6. The van der Waals surface area contributed by atoms with E-state index in [4.69, 9.17) is 25.9 Å². The van der Waals surface area contributed by atoms with Crippen LogP contribution < -0.4 is 9.46 Å². The maximum atomic E-state index is 13.4. The largest absolute Gasteiger partial charge is 0.497 e. The molecule has 1 atom stereocenters. The highest BCUT2D eigenvalue weighted by atomic mass is 35.5. The van der Waals surface area contributed by atoms with E-state index < -0.39 is 16.1 Å². The minimum atomic E-state index is -3.64. The van der Waals surface area contributed by atoms with Crippen molar-refractivity contribution in [1.82, 2.24) is 24.6 Å². The van der Waals surface area contributed by atoms with Gasteiger partial charge < -0.3 is 9.26 Å². The van der Waals surface area contributed by atoms with Gasteiger partial charge in [-0.05, 0) is 88.1 Å². The number of carbonyl (C=O) groups excluding carboxylic acids is 1. The van der Waals surface area contributed by atoms with Crippen molar-refractivity contribution in [2.75, 3.05) is 13.7 Å². The summed E-state index contributed by atoms with van der Waals surface area (Å²) in [7, 11) is -2.01. The molecule has 0 spiro atoms. The van der Waals surface area contributed by atoms with Gasteiger partial charge in [0, 0.05) is 41.1 Å². The van der Waals surface area contributed by atoms with Gasteiger partial charge in [0.2, 0.25) is 10.0 Å². The number of rotatable bonds is 19. The predicted octanol–water partition coefficient (Wildman–Crippen LogP) is 9.55. The predicted molar refractivity (Wildman–Crippen MR) is 220 cm³/mol. The van der Waals surface area contributed by atoms with Gasteiger partial charge in [-0.3, -0.25) is 14.4 Å². The highest BCUT2D eigenvalue weighted by Crippen LogP contribution is 2.35. The van der Waals surface area contributed by atoms with Gasteiger partial charge in [-0.1, -0.05) is 86.0 Å². The minimum Gasteiger partial charge on any atom is -0.497 e. The van der Waals surface area contributed by atoms with Crippen molar-refractivity contribution in [3.8, 4) is 22.6 Å².